The highest BCUT2D eigenvalue weighted by atomic mass is 79.9. The summed E-state index contributed by atoms with van der Waals surface area (Å²) < 4.78 is 24.1. The van der Waals surface area contributed by atoms with E-state index >= 15 is 0 Å². The number of ether oxygens (including phenoxy) is 2. The summed E-state index contributed by atoms with van der Waals surface area (Å²) >= 11 is 3.08. The maximum Gasteiger partial charge on any atom is 0.216 e. The quantitative estimate of drug-likeness (QED) is 0.864. The molecule has 0 amide bonds. The van der Waals surface area contributed by atoms with Crippen LogP contribution in [-0.2, 0) is 0 Å². The SMILES string of the molecule is COc1cc(Oc2ccc(Br)c(F)c2)ccn1. The summed E-state index contributed by atoms with van der Waals surface area (Å²) in [5.74, 6) is 1.03. The number of pyridine rings is 1. The Kier molecular flexibility index (Phi) is 3.58. The fourth-order valence-corrected chi connectivity index (χ4v) is 1.49. The summed E-state index contributed by atoms with van der Waals surface area (Å²) in [6, 6.07) is 7.85. The second-order valence-electron chi connectivity index (χ2n) is 3.21. The van der Waals surface area contributed by atoms with Crippen LogP contribution in [0, 0.1) is 5.82 Å². The summed E-state index contributed by atoms with van der Waals surface area (Å²) in [5, 5.41) is 0. The molecule has 3 nitrogen and oxygen atoms in total. The van der Waals surface area contributed by atoms with Gasteiger partial charge < -0.3 is 9.47 Å². The molecule has 0 spiro atoms. The third-order valence-corrected chi connectivity index (χ3v) is 2.69. The Morgan fingerprint density at radius 2 is 1.94 bits per heavy atom. The normalized spacial score (nSPS) is 10.1. The molecule has 0 unspecified atom stereocenters. The molecule has 1 aromatic heterocycles. The zero-order valence-corrected chi connectivity index (χ0v) is 10.6. The zero-order valence-electron chi connectivity index (χ0n) is 8.98. The van der Waals surface area contributed by atoms with Crippen LogP contribution >= 0.6 is 15.9 Å². The fraction of sp³-hybridized carbons (Fsp3) is 0.0833. The summed E-state index contributed by atoms with van der Waals surface area (Å²) in [7, 11) is 1.52. The second-order valence-corrected chi connectivity index (χ2v) is 4.07. The molecule has 0 aliphatic carbocycles. The molecule has 0 fully saturated rings. The van der Waals surface area contributed by atoms with Gasteiger partial charge in [0.05, 0.1) is 11.6 Å². The van der Waals surface area contributed by atoms with E-state index in [4.69, 9.17) is 9.47 Å². The predicted molar refractivity (Wildman–Crippen MR) is 65.0 cm³/mol. The van der Waals surface area contributed by atoms with Crippen molar-refractivity contribution in [2.45, 2.75) is 0 Å². The van der Waals surface area contributed by atoms with Gasteiger partial charge in [-0.25, -0.2) is 9.37 Å². The molecule has 0 radical (unpaired) electrons. The molecule has 0 bridgehead atoms. The molecule has 0 N–H and O–H groups in total. The minimum absolute atomic E-state index is 0.372. The number of aromatic nitrogens is 1. The van der Waals surface area contributed by atoms with Crippen molar-refractivity contribution in [2.24, 2.45) is 0 Å². The largest absolute Gasteiger partial charge is 0.481 e. The van der Waals surface area contributed by atoms with Crippen LogP contribution in [0.15, 0.2) is 41.0 Å². The highest BCUT2D eigenvalue weighted by Crippen LogP contribution is 2.26. The minimum atomic E-state index is -0.372. The molecule has 88 valence electrons. The van der Waals surface area contributed by atoms with Crippen LogP contribution in [-0.4, -0.2) is 12.1 Å². The van der Waals surface area contributed by atoms with Gasteiger partial charge in [-0.3, -0.25) is 0 Å². The lowest BCUT2D eigenvalue weighted by Crippen LogP contribution is -1.90. The molecule has 1 aromatic carbocycles. The van der Waals surface area contributed by atoms with E-state index in [2.05, 4.69) is 20.9 Å². The molecule has 0 saturated carbocycles. The lowest BCUT2D eigenvalue weighted by Gasteiger charge is -2.07. The van der Waals surface area contributed by atoms with Gasteiger partial charge in [0.1, 0.15) is 17.3 Å². The molecule has 1 heterocycles. The van der Waals surface area contributed by atoms with Crippen molar-refractivity contribution in [3.05, 3.63) is 46.8 Å². The van der Waals surface area contributed by atoms with Crippen LogP contribution in [0.2, 0.25) is 0 Å². The van der Waals surface area contributed by atoms with Gasteiger partial charge in [-0.05, 0) is 34.1 Å². The van der Waals surface area contributed by atoms with Gasteiger partial charge in [0.2, 0.25) is 5.88 Å². The maximum atomic E-state index is 13.3. The summed E-state index contributed by atoms with van der Waals surface area (Å²) in [6.07, 6.45) is 1.56. The number of hydrogen-bond acceptors (Lipinski definition) is 3. The number of hydrogen-bond donors (Lipinski definition) is 0. The Labute approximate surface area is 106 Å². The number of benzene rings is 1. The van der Waals surface area contributed by atoms with Crippen LogP contribution in [0.3, 0.4) is 0 Å². The van der Waals surface area contributed by atoms with E-state index in [9.17, 15) is 4.39 Å². The van der Waals surface area contributed by atoms with E-state index in [1.54, 1.807) is 30.5 Å². The monoisotopic (exact) mass is 297 g/mol. The average molecular weight is 298 g/mol. The van der Waals surface area contributed by atoms with E-state index in [1.807, 2.05) is 0 Å². The van der Waals surface area contributed by atoms with E-state index in [1.165, 1.54) is 13.2 Å². The summed E-state index contributed by atoms with van der Waals surface area (Å²) in [4.78, 5) is 3.95. The first kappa shape index (κ1) is 11.9. The molecular weight excluding hydrogens is 289 g/mol. The lowest BCUT2D eigenvalue weighted by atomic mass is 10.3. The average Bonchev–Trinajstić information content (AvgIpc) is 2.34. The van der Waals surface area contributed by atoms with Crippen molar-refractivity contribution in [3.63, 3.8) is 0 Å². The van der Waals surface area contributed by atoms with Gasteiger partial charge in [0.25, 0.3) is 0 Å². The molecule has 0 atom stereocenters. The molecule has 2 rings (SSSR count). The van der Waals surface area contributed by atoms with Gasteiger partial charge >= 0.3 is 0 Å². The molecule has 0 aliphatic heterocycles. The van der Waals surface area contributed by atoms with Crippen LogP contribution < -0.4 is 9.47 Å². The molecule has 17 heavy (non-hydrogen) atoms. The first-order valence-electron chi connectivity index (χ1n) is 4.82. The smallest absolute Gasteiger partial charge is 0.216 e. The highest BCUT2D eigenvalue weighted by molar-refractivity contribution is 9.10. The first-order chi connectivity index (χ1) is 8.19. The first-order valence-corrected chi connectivity index (χ1v) is 5.61. The Morgan fingerprint density at radius 1 is 1.18 bits per heavy atom. The number of halogens is 2. The maximum absolute atomic E-state index is 13.3. The van der Waals surface area contributed by atoms with Crippen molar-refractivity contribution in [2.75, 3.05) is 7.11 Å². The summed E-state index contributed by atoms with van der Waals surface area (Å²) in [5.41, 5.74) is 0. The van der Waals surface area contributed by atoms with Gasteiger partial charge in [-0.1, -0.05) is 0 Å². The zero-order chi connectivity index (χ0) is 12.3. The Hall–Kier alpha value is -1.62. The second kappa shape index (κ2) is 5.14. The predicted octanol–water partition coefficient (Wildman–Crippen LogP) is 3.78. The number of rotatable bonds is 3. The van der Waals surface area contributed by atoms with Crippen LogP contribution in [0.1, 0.15) is 0 Å². The number of methoxy groups -OCH3 is 1. The van der Waals surface area contributed by atoms with Gasteiger partial charge in [0.15, 0.2) is 0 Å². The lowest BCUT2D eigenvalue weighted by molar-refractivity contribution is 0.392. The van der Waals surface area contributed by atoms with Gasteiger partial charge in [0, 0.05) is 18.3 Å². The van der Waals surface area contributed by atoms with Crippen LogP contribution in [0.5, 0.6) is 17.4 Å². The number of nitrogens with zero attached hydrogens (tertiary/aromatic N) is 1. The summed E-state index contributed by atoms with van der Waals surface area (Å²) in [6.45, 7) is 0. The third kappa shape index (κ3) is 2.94. The van der Waals surface area contributed by atoms with Gasteiger partial charge in [-0.2, -0.15) is 0 Å². The Balaban J connectivity index is 2.22. The topological polar surface area (TPSA) is 31.4 Å². The molecule has 2 aromatic rings. The van der Waals surface area contributed by atoms with Crippen LogP contribution in [0.25, 0.3) is 0 Å². The van der Waals surface area contributed by atoms with E-state index in [0.717, 1.165) is 0 Å². The van der Waals surface area contributed by atoms with E-state index < -0.39 is 0 Å². The Bertz CT molecular complexity index is 534. The molecule has 0 saturated heterocycles. The van der Waals surface area contributed by atoms with Crippen molar-refractivity contribution >= 4 is 15.9 Å². The highest BCUT2D eigenvalue weighted by Gasteiger charge is 2.03. The fourth-order valence-electron chi connectivity index (χ4n) is 1.24. The third-order valence-electron chi connectivity index (χ3n) is 2.04. The van der Waals surface area contributed by atoms with Crippen LogP contribution in [0.4, 0.5) is 4.39 Å². The van der Waals surface area contributed by atoms with Crippen molar-refractivity contribution in [3.8, 4) is 17.4 Å². The molecule has 5 heteroatoms. The molecule has 0 aliphatic rings. The van der Waals surface area contributed by atoms with Gasteiger partial charge in [-0.15, -0.1) is 0 Å². The standard InChI is InChI=1S/C12H9BrFNO2/c1-16-12-7-9(4-5-15-12)17-8-2-3-10(13)11(14)6-8/h2-7H,1H3. The van der Waals surface area contributed by atoms with Crippen molar-refractivity contribution in [1.82, 2.24) is 4.98 Å². The Morgan fingerprint density at radius 3 is 2.65 bits per heavy atom. The molecular formula is C12H9BrFNO2. The van der Waals surface area contributed by atoms with Crippen molar-refractivity contribution in [1.29, 1.82) is 0 Å². The van der Waals surface area contributed by atoms with E-state index in [0.29, 0.717) is 21.9 Å². The van der Waals surface area contributed by atoms with Crippen molar-refractivity contribution < 1.29 is 13.9 Å². The minimum Gasteiger partial charge on any atom is -0.481 e. The van der Waals surface area contributed by atoms with E-state index in [-0.39, 0.29) is 5.82 Å².